The van der Waals surface area contributed by atoms with Crippen molar-refractivity contribution in [2.24, 2.45) is 0 Å². The van der Waals surface area contributed by atoms with E-state index in [2.05, 4.69) is 0 Å². The number of para-hydroxylation sites is 1. The van der Waals surface area contributed by atoms with Crippen LogP contribution in [0.1, 0.15) is 32.4 Å². The molecule has 1 rings (SSSR count). The Balaban J connectivity index is 2.96. The normalized spacial score (nSPS) is 12.5. The van der Waals surface area contributed by atoms with Crippen LogP contribution in [0.5, 0.6) is 0 Å². The van der Waals surface area contributed by atoms with Crippen LogP contribution >= 0.6 is 0 Å². The van der Waals surface area contributed by atoms with Crippen LogP contribution in [0.4, 0.5) is 10.1 Å². The molecule has 0 fully saturated rings. The van der Waals surface area contributed by atoms with Gasteiger partial charge < -0.3 is 14.7 Å². The van der Waals surface area contributed by atoms with Crippen molar-refractivity contribution < 1.29 is 14.2 Å². The predicted octanol–water partition coefficient (Wildman–Crippen LogP) is 2.74. The number of rotatable bonds is 7. The van der Waals surface area contributed by atoms with Crippen molar-refractivity contribution in [2.45, 2.75) is 26.9 Å². The molecular weight excluding hydrogens is 233 g/mol. The summed E-state index contributed by atoms with van der Waals surface area (Å²) in [7, 11) is 0. The van der Waals surface area contributed by atoms with Crippen LogP contribution in [0.25, 0.3) is 0 Å². The van der Waals surface area contributed by atoms with Crippen molar-refractivity contribution >= 4 is 5.69 Å². The predicted molar refractivity (Wildman–Crippen MR) is 71.4 cm³/mol. The second-order valence-corrected chi connectivity index (χ2v) is 4.13. The van der Waals surface area contributed by atoms with Gasteiger partial charge in [-0.15, -0.1) is 0 Å². The van der Waals surface area contributed by atoms with E-state index in [-0.39, 0.29) is 5.82 Å². The average Bonchev–Trinajstić information content (AvgIpc) is 2.35. The van der Waals surface area contributed by atoms with Crippen LogP contribution in [0.2, 0.25) is 0 Å². The molecule has 0 radical (unpaired) electrons. The summed E-state index contributed by atoms with van der Waals surface area (Å²) in [6.07, 6.45) is -0.683. The van der Waals surface area contributed by atoms with Gasteiger partial charge in [0, 0.05) is 25.3 Å². The molecule has 0 saturated carbocycles. The number of aliphatic hydroxyl groups excluding tert-OH is 1. The maximum atomic E-state index is 14.0. The highest BCUT2D eigenvalue weighted by Crippen LogP contribution is 2.29. The Hall–Kier alpha value is -1.13. The van der Waals surface area contributed by atoms with Gasteiger partial charge in [0.15, 0.2) is 0 Å². The molecule has 0 saturated heterocycles. The fourth-order valence-corrected chi connectivity index (χ4v) is 1.95. The van der Waals surface area contributed by atoms with Crippen molar-refractivity contribution in [3.63, 3.8) is 0 Å². The van der Waals surface area contributed by atoms with Crippen LogP contribution < -0.4 is 4.90 Å². The van der Waals surface area contributed by atoms with Gasteiger partial charge in [0.2, 0.25) is 0 Å². The van der Waals surface area contributed by atoms with E-state index in [0.717, 1.165) is 0 Å². The second kappa shape index (κ2) is 7.34. The zero-order valence-corrected chi connectivity index (χ0v) is 11.3. The average molecular weight is 255 g/mol. The lowest BCUT2D eigenvalue weighted by atomic mass is 10.1. The fraction of sp³-hybridized carbons (Fsp3) is 0.571. The monoisotopic (exact) mass is 255 g/mol. The van der Waals surface area contributed by atoms with Gasteiger partial charge in [0.1, 0.15) is 5.82 Å². The number of anilines is 1. The van der Waals surface area contributed by atoms with E-state index in [1.807, 2.05) is 18.7 Å². The van der Waals surface area contributed by atoms with E-state index in [9.17, 15) is 9.50 Å². The summed E-state index contributed by atoms with van der Waals surface area (Å²) in [4.78, 5) is 1.90. The Morgan fingerprint density at radius 3 is 2.67 bits per heavy atom. The van der Waals surface area contributed by atoms with Crippen molar-refractivity contribution in [1.82, 2.24) is 0 Å². The third-order valence-corrected chi connectivity index (χ3v) is 2.88. The van der Waals surface area contributed by atoms with Crippen LogP contribution in [0.3, 0.4) is 0 Å². The zero-order valence-electron chi connectivity index (χ0n) is 11.3. The number of aliphatic hydroxyl groups is 1. The van der Waals surface area contributed by atoms with Crippen molar-refractivity contribution in [3.8, 4) is 0 Å². The van der Waals surface area contributed by atoms with Gasteiger partial charge in [0.05, 0.1) is 18.4 Å². The third-order valence-electron chi connectivity index (χ3n) is 2.88. The molecule has 18 heavy (non-hydrogen) atoms. The van der Waals surface area contributed by atoms with Gasteiger partial charge in [0.25, 0.3) is 0 Å². The third kappa shape index (κ3) is 3.68. The van der Waals surface area contributed by atoms with E-state index in [4.69, 9.17) is 4.74 Å². The Morgan fingerprint density at radius 1 is 1.39 bits per heavy atom. The van der Waals surface area contributed by atoms with Crippen LogP contribution in [-0.2, 0) is 4.74 Å². The fourth-order valence-electron chi connectivity index (χ4n) is 1.95. The lowest BCUT2D eigenvalue weighted by Gasteiger charge is -2.27. The maximum absolute atomic E-state index is 14.0. The number of ether oxygens (including phenoxy) is 1. The van der Waals surface area contributed by atoms with E-state index in [1.54, 1.807) is 19.1 Å². The first-order valence-corrected chi connectivity index (χ1v) is 6.40. The van der Waals surface area contributed by atoms with E-state index in [1.165, 1.54) is 6.07 Å². The summed E-state index contributed by atoms with van der Waals surface area (Å²) in [6, 6.07) is 4.80. The number of hydrogen-bond donors (Lipinski definition) is 1. The summed E-state index contributed by atoms with van der Waals surface area (Å²) in [6.45, 7) is 8.04. The molecule has 0 unspecified atom stereocenters. The summed E-state index contributed by atoms with van der Waals surface area (Å²) in [5.74, 6) is -0.299. The summed E-state index contributed by atoms with van der Waals surface area (Å²) < 4.78 is 19.3. The minimum absolute atomic E-state index is 0.299. The minimum Gasteiger partial charge on any atom is -0.389 e. The first-order chi connectivity index (χ1) is 8.61. The molecule has 1 N–H and O–H groups in total. The number of likely N-dealkylation sites (N-methyl/N-ethyl adjacent to an activating group) is 1. The first kappa shape index (κ1) is 14.9. The molecule has 0 aromatic heterocycles. The molecular formula is C14H22FNO2. The van der Waals surface area contributed by atoms with Gasteiger partial charge in [-0.25, -0.2) is 4.39 Å². The lowest BCUT2D eigenvalue weighted by molar-refractivity contribution is 0.153. The largest absolute Gasteiger partial charge is 0.389 e. The van der Waals surface area contributed by atoms with E-state index in [0.29, 0.717) is 37.6 Å². The Kier molecular flexibility index (Phi) is 6.09. The second-order valence-electron chi connectivity index (χ2n) is 4.13. The molecule has 1 atom stereocenters. The molecule has 102 valence electrons. The van der Waals surface area contributed by atoms with Gasteiger partial charge in [-0.3, -0.25) is 0 Å². The Morgan fingerprint density at radius 2 is 2.11 bits per heavy atom. The molecule has 0 heterocycles. The molecule has 3 nitrogen and oxygen atoms in total. The molecule has 0 bridgehead atoms. The molecule has 4 heteroatoms. The Labute approximate surface area is 108 Å². The smallest absolute Gasteiger partial charge is 0.146 e. The Bertz CT molecular complexity index is 369. The zero-order chi connectivity index (χ0) is 13.5. The molecule has 0 aliphatic rings. The molecule has 0 spiro atoms. The summed E-state index contributed by atoms with van der Waals surface area (Å²) >= 11 is 0. The van der Waals surface area contributed by atoms with Gasteiger partial charge in [-0.05, 0) is 26.8 Å². The number of benzene rings is 1. The molecule has 0 aliphatic carbocycles. The summed E-state index contributed by atoms with van der Waals surface area (Å²) in [5, 5.41) is 9.72. The van der Waals surface area contributed by atoms with Crippen molar-refractivity contribution in [3.05, 3.63) is 29.6 Å². The maximum Gasteiger partial charge on any atom is 0.146 e. The first-order valence-electron chi connectivity index (χ1n) is 6.40. The summed E-state index contributed by atoms with van der Waals surface area (Å²) in [5.41, 5.74) is 1.10. The highest BCUT2D eigenvalue weighted by Gasteiger charge is 2.17. The van der Waals surface area contributed by atoms with Crippen LogP contribution in [-0.4, -0.2) is 31.4 Å². The molecule has 1 aromatic rings. The van der Waals surface area contributed by atoms with E-state index >= 15 is 0 Å². The molecule has 1 aromatic carbocycles. The number of nitrogens with zero attached hydrogens (tertiary/aromatic N) is 1. The highest BCUT2D eigenvalue weighted by molar-refractivity contribution is 5.55. The van der Waals surface area contributed by atoms with E-state index < -0.39 is 6.10 Å². The van der Waals surface area contributed by atoms with Crippen LogP contribution in [0, 0.1) is 5.82 Å². The standard InChI is InChI=1S/C14H22FNO2/c1-4-16(9-10-18-5-2)14-12(11(3)17)7-6-8-13(14)15/h6-8,11,17H,4-5,9-10H2,1-3H3/t11-/m1/s1. The number of hydrogen-bond acceptors (Lipinski definition) is 3. The highest BCUT2D eigenvalue weighted by atomic mass is 19.1. The lowest BCUT2D eigenvalue weighted by Crippen LogP contribution is -2.29. The molecule has 0 aliphatic heterocycles. The SMILES string of the molecule is CCOCCN(CC)c1c(F)cccc1[C@@H](C)O. The van der Waals surface area contributed by atoms with Gasteiger partial charge >= 0.3 is 0 Å². The number of halogens is 1. The van der Waals surface area contributed by atoms with Gasteiger partial charge in [-0.2, -0.15) is 0 Å². The molecule has 0 amide bonds. The quantitative estimate of drug-likeness (QED) is 0.760. The van der Waals surface area contributed by atoms with Crippen molar-refractivity contribution in [1.29, 1.82) is 0 Å². The van der Waals surface area contributed by atoms with Gasteiger partial charge in [-0.1, -0.05) is 12.1 Å². The van der Waals surface area contributed by atoms with Crippen LogP contribution in [0.15, 0.2) is 18.2 Å². The topological polar surface area (TPSA) is 32.7 Å². The minimum atomic E-state index is -0.683. The van der Waals surface area contributed by atoms with Crippen molar-refractivity contribution in [2.75, 3.05) is 31.2 Å².